The lowest BCUT2D eigenvalue weighted by Crippen LogP contribution is -2.58. The first-order chi connectivity index (χ1) is 22.6. The largest absolute Gasteiger partial charge is 0.463 e. The van der Waals surface area contributed by atoms with Gasteiger partial charge < -0.3 is 25.6 Å². The van der Waals surface area contributed by atoms with Crippen molar-refractivity contribution >= 4 is 39.7 Å². The van der Waals surface area contributed by atoms with E-state index in [1.54, 1.807) is 6.92 Å². The van der Waals surface area contributed by atoms with E-state index < -0.39 is 46.6 Å². The highest BCUT2D eigenvalue weighted by atomic mass is 35.5. The summed E-state index contributed by atoms with van der Waals surface area (Å²) in [7, 11) is 1.84. The van der Waals surface area contributed by atoms with Crippen molar-refractivity contribution in [2.45, 2.75) is 70.3 Å². The third kappa shape index (κ3) is 5.34. The lowest BCUT2D eigenvalue weighted by atomic mass is 9.73. The summed E-state index contributed by atoms with van der Waals surface area (Å²) in [5, 5.41) is 3.51. The van der Waals surface area contributed by atoms with Crippen molar-refractivity contribution in [2.24, 2.45) is 11.3 Å². The van der Waals surface area contributed by atoms with Crippen LogP contribution in [0, 0.1) is 24.1 Å². The Labute approximate surface area is 278 Å². The zero-order chi connectivity index (χ0) is 34.4. The highest BCUT2D eigenvalue weighted by molar-refractivity contribution is 6.37. The van der Waals surface area contributed by atoms with Gasteiger partial charge in [0.05, 0.1) is 33.8 Å². The number of nitrogens with one attached hydrogen (secondary N) is 1. The maximum Gasteiger partial charge on any atom is 0.418 e. The zero-order valence-electron chi connectivity index (χ0n) is 26.7. The molecule has 0 aliphatic carbocycles. The smallest absolute Gasteiger partial charge is 0.418 e. The summed E-state index contributed by atoms with van der Waals surface area (Å²) in [6.45, 7) is 8.36. The summed E-state index contributed by atoms with van der Waals surface area (Å²) >= 11 is 6.94. The van der Waals surface area contributed by atoms with Gasteiger partial charge in [-0.2, -0.15) is 23.1 Å². The number of fused-ring (bicyclic) bond motifs is 5. The quantitative estimate of drug-likeness (QED) is 0.285. The van der Waals surface area contributed by atoms with Gasteiger partial charge in [-0.3, -0.25) is 0 Å². The number of nitrogens with zero attached hydrogens (tertiary/aromatic N) is 5. The van der Waals surface area contributed by atoms with Crippen LogP contribution < -0.4 is 20.7 Å². The van der Waals surface area contributed by atoms with Crippen LogP contribution in [0.5, 0.6) is 6.01 Å². The fraction of sp³-hybridized carbons (Fsp3) is 0.545. The van der Waals surface area contributed by atoms with Gasteiger partial charge in [0.2, 0.25) is 6.43 Å². The number of rotatable bonds is 5. The molecule has 5 atom stereocenters. The molecule has 3 fully saturated rings. The molecular formula is C33H36ClF6N7O. The monoisotopic (exact) mass is 695 g/mol. The van der Waals surface area contributed by atoms with E-state index in [1.165, 1.54) is 6.92 Å². The molecule has 8 nitrogen and oxygen atoms in total. The molecule has 4 aliphatic rings. The SMILES string of the molecule is C=C1C[C@H]2[C@@H]3CC[C@H](CN2c2nc(OC[C@]4(C)CN(C)CC[C@@H]4C(F)F)nc4c(F)c(-c5nc(N)cc(C)c5C(F)(F)F)c(Cl)c1c24)N3. The summed E-state index contributed by atoms with van der Waals surface area (Å²) in [6.07, 6.45) is -5.07. The number of ether oxygens (including phenoxy) is 1. The summed E-state index contributed by atoms with van der Waals surface area (Å²) in [5.41, 5.74) is 2.48. The molecule has 6 heterocycles. The van der Waals surface area contributed by atoms with Crippen molar-refractivity contribution in [2.75, 3.05) is 43.9 Å². The normalized spacial score (nSPS) is 27.5. The number of hydrogen-bond acceptors (Lipinski definition) is 8. The number of aromatic nitrogens is 3. The molecular weight excluding hydrogens is 660 g/mol. The van der Waals surface area contributed by atoms with E-state index in [0.29, 0.717) is 37.4 Å². The van der Waals surface area contributed by atoms with Gasteiger partial charge in [-0.1, -0.05) is 25.1 Å². The number of hydrogen-bond donors (Lipinski definition) is 2. The van der Waals surface area contributed by atoms with Crippen LogP contribution in [0.3, 0.4) is 0 Å². The zero-order valence-corrected chi connectivity index (χ0v) is 27.5. The molecule has 2 aromatic heterocycles. The Hall–Kier alpha value is -3.36. The maximum absolute atomic E-state index is 17.0. The number of halogens is 7. The van der Waals surface area contributed by atoms with Crippen LogP contribution in [-0.2, 0) is 6.18 Å². The van der Waals surface area contributed by atoms with Crippen LogP contribution in [0.15, 0.2) is 12.6 Å². The number of piperidine rings is 1. The highest BCUT2D eigenvalue weighted by Crippen LogP contribution is 2.51. The Bertz CT molecular complexity index is 1820. The van der Waals surface area contributed by atoms with Gasteiger partial charge in [0.15, 0.2) is 5.82 Å². The lowest BCUT2D eigenvalue weighted by Gasteiger charge is -2.44. The molecule has 0 radical (unpaired) electrons. The van der Waals surface area contributed by atoms with Gasteiger partial charge in [0.25, 0.3) is 0 Å². The summed E-state index contributed by atoms with van der Waals surface area (Å²) < 4.78 is 95.0. The number of piperazine rings is 1. The molecule has 7 rings (SSSR count). The Morgan fingerprint density at radius 2 is 1.94 bits per heavy atom. The Balaban J connectivity index is 1.46. The molecule has 0 saturated carbocycles. The predicted octanol–water partition coefficient (Wildman–Crippen LogP) is 6.72. The van der Waals surface area contributed by atoms with Crippen molar-refractivity contribution < 1.29 is 31.1 Å². The number of anilines is 2. The van der Waals surface area contributed by atoms with Gasteiger partial charge in [0, 0.05) is 48.1 Å². The first kappa shape index (κ1) is 33.2. The van der Waals surface area contributed by atoms with Crippen molar-refractivity contribution in [1.29, 1.82) is 0 Å². The van der Waals surface area contributed by atoms with Gasteiger partial charge in [0.1, 0.15) is 17.2 Å². The average Bonchev–Trinajstić information content (AvgIpc) is 3.32. The summed E-state index contributed by atoms with van der Waals surface area (Å²) in [5.74, 6) is -2.06. The molecule has 258 valence electrons. The molecule has 4 aliphatic heterocycles. The summed E-state index contributed by atoms with van der Waals surface area (Å²) in [6, 6.07) is 0.791. The standard InChI is InChI=1S/C33H36ClF6N7O/c1-14-9-19-18-6-5-16(42-18)11-47(19)30-22-21(14)25(34)23(27-24(33(38,39)40)15(2)10-20(41)43-27)26(35)28(22)44-31(45-30)48-13-32(3)12-46(4)8-7-17(32)29(36)37/h10,16-19,29,42H,1,5-9,11-13H2,2-4H3,(H2,41,43)/t16-,17-,18+,19+,32+/m1/s1. The van der Waals surface area contributed by atoms with Gasteiger partial charge in [-0.25, -0.2) is 18.2 Å². The second-order valence-electron chi connectivity index (χ2n) is 14.0. The number of alkyl halides is 5. The van der Waals surface area contributed by atoms with E-state index in [2.05, 4.69) is 26.8 Å². The molecule has 3 saturated heterocycles. The third-order valence-electron chi connectivity index (χ3n) is 10.6. The first-order valence-electron chi connectivity index (χ1n) is 15.9. The van der Waals surface area contributed by atoms with E-state index >= 15 is 4.39 Å². The van der Waals surface area contributed by atoms with Crippen LogP contribution in [-0.4, -0.2) is 77.7 Å². The van der Waals surface area contributed by atoms with E-state index in [-0.39, 0.29) is 70.0 Å². The Morgan fingerprint density at radius 3 is 2.65 bits per heavy atom. The minimum Gasteiger partial charge on any atom is -0.463 e. The van der Waals surface area contributed by atoms with Gasteiger partial charge in [-0.05, 0) is 63.4 Å². The van der Waals surface area contributed by atoms with Crippen LogP contribution >= 0.6 is 11.6 Å². The van der Waals surface area contributed by atoms with Crippen LogP contribution in [0.25, 0.3) is 27.7 Å². The molecule has 0 unspecified atom stereocenters. The molecule has 0 amide bonds. The molecule has 2 bridgehead atoms. The highest BCUT2D eigenvalue weighted by Gasteiger charge is 2.47. The van der Waals surface area contributed by atoms with Crippen LogP contribution in [0.4, 0.5) is 38.0 Å². The fourth-order valence-electron chi connectivity index (χ4n) is 8.39. The van der Waals surface area contributed by atoms with Crippen LogP contribution in [0.2, 0.25) is 5.02 Å². The number of nitrogens with two attached hydrogens (primary N) is 1. The van der Waals surface area contributed by atoms with Crippen molar-refractivity contribution in [3.8, 4) is 17.3 Å². The summed E-state index contributed by atoms with van der Waals surface area (Å²) in [4.78, 5) is 17.1. The molecule has 48 heavy (non-hydrogen) atoms. The van der Waals surface area contributed by atoms with E-state index in [4.69, 9.17) is 27.1 Å². The minimum atomic E-state index is -4.92. The predicted molar refractivity (Wildman–Crippen MR) is 172 cm³/mol. The molecule has 3 aromatic rings. The fourth-order valence-corrected chi connectivity index (χ4v) is 8.79. The second kappa shape index (κ2) is 11.6. The first-order valence-corrected chi connectivity index (χ1v) is 16.3. The lowest BCUT2D eigenvalue weighted by molar-refractivity contribution is -0.137. The number of pyridine rings is 1. The van der Waals surface area contributed by atoms with Gasteiger partial charge in [-0.15, -0.1) is 0 Å². The number of likely N-dealkylation sites (tertiary alicyclic amines) is 1. The average molecular weight is 696 g/mol. The topological polar surface area (TPSA) is 92.4 Å². The number of nitrogen functional groups attached to an aromatic ring is 1. The van der Waals surface area contributed by atoms with E-state index in [1.807, 2.05) is 11.9 Å². The second-order valence-corrected chi connectivity index (χ2v) is 14.4. The Kier molecular flexibility index (Phi) is 8.02. The van der Waals surface area contributed by atoms with E-state index in [9.17, 15) is 22.0 Å². The van der Waals surface area contributed by atoms with Crippen LogP contribution in [0.1, 0.15) is 49.3 Å². The minimum absolute atomic E-state index is 0.0471. The number of aryl methyl sites for hydroxylation is 1. The molecule has 0 spiro atoms. The Morgan fingerprint density at radius 1 is 1.19 bits per heavy atom. The van der Waals surface area contributed by atoms with Crippen molar-refractivity contribution in [3.05, 3.63) is 40.2 Å². The van der Waals surface area contributed by atoms with Gasteiger partial charge >= 0.3 is 12.2 Å². The van der Waals surface area contributed by atoms with E-state index in [0.717, 1.165) is 18.9 Å². The third-order valence-corrected chi connectivity index (χ3v) is 10.9. The molecule has 1 aromatic carbocycles. The molecule has 3 N–H and O–H groups in total. The molecule has 15 heteroatoms. The number of benzene rings is 1. The van der Waals surface area contributed by atoms with Crippen molar-refractivity contribution in [3.63, 3.8) is 0 Å². The van der Waals surface area contributed by atoms with Crippen molar-refractivity contribution in [1.82, 2.24) is 25.2 Å². The maximum atomic E-state index is 17.0.